The minimum atomic E-state index is -0.607. The summed E-state index contributed by atoms with van der Waals surface area (Å²) in [5, 5.41) is 20.6. The molecule has 0 unspecified atom stereocenters. The number of nitriles is 1. The Morgan fingerprint density at radius 2 is 1.88 bits per heavy atom. The lowest BCUT2D eigenvalue weighted by Gasteiger charge is -2.09. The summed E-state index contributed by atoms with van der Waals surface area (Å²) in [6.45, 7) is 0. The molecular weight excluding hydrogens is 315 g/mol. The first-order valence-electron chi connectivity index (χ1n) is 6.79. The molecule has 0 bridgehead atoms. The predicted octanol–water partition coefficient (Wildman–Crippen LogP) is 3.82. The van der Waals surface area contributed by atoms with E-state index >= 15 is 0 Å². The van der Waals surface area contributed by atoms with Crippen LogP contribution in [0.15, 0.2) is 36.4 Å². The quantitative estimate of drug-likeness (QED) is 0.360. The SMILES string of the molecule is COc1cc(/C=C(/C#N)c2ccccc2F)c([N+](=O)[O-])cc1OC. The van der Waals surface area contributed by atoms with Crippen LogP contribution in [-0.2, 0) is 0 Å². The lowest BCUT2D eigenvalue weighted by atomic mass is 10.0. The van der Waals surface area contributed by atoms with Crippen molar-refractivity contribution in [3.05, 3.63) is 63.5 Å². The first-order valence-corrected chi connectivity index (χ1v) is 6.79. The molecule has 24 heavy (non-hydrogen) atoms. The van der Waals surface area contributed by atoms with Gasteiger partial charge in [0, 0.05) is 5.56 Å². The van der Waals surface area contributed by atoms with Gasteiger partial charge in [-0.25, -0.2) is 4.39 Å². The first-order chi connectivity index (χ1) is 11.5. The largest absolute Gasteiger partial charge is 0.493 e. The van der Waals surface area contributed by atoms with Crippen molar-refractivity contribution < 1.29 is 18.8 Å². The molecule has 2 rings (SSSR count). The Morgan fingerprint density at radius 1 is 1.25 bits per heavy atom. The van der Waals surface area contributed by atoms with Gasteiger partial charge in [0.1, 0.15) is 5.82 Å². The highest BCUT2D eigenvalue weighted by atomic mass is 19.1. The smallest absolute Gasteiger partial charge is 0.280 e. The molecular formula is C17H13FN2O4. The second kappa shape index (κ2) is 7.24. The monoisotopic (exact) mass is 328 g/mol. The fourth-order valence-corrected chi connectivity index (χ4v) is 2.16. The number of halogens is 1. The van der Waals surface area contributed by atoms with E-state index in [-0.39, 0.29) is 33.9 Å². The summed E-state index contributed by atoms with van der Waals surface area (Å²) in [5.41, 5.74) is -0.151. The fraction of sp³-hybridized carbons (Fsp3) is 0.118. The molecule has 6 nitrogen and oxygen atoms in total. The van der Waals surface area contributed by atoms with Crippen molar-refractivity contribution in [2.24, 2.45) is 0 Å². The standard InChI is InChI=1S/C17H13FN2O4/c1-23-16-8-11(15(20(21)22)9-17(16)24-2)7-12(10-19)13-5-3-4-6-14(13)18/h3-9H,1-2H3/b12-7-. The number of ether oxygens (including phenoxy) is 2. The Kier molecular flexibility index (Phi) is 5.12. The van der Waals surface area contributed by atoms with Gasteiger partial charge in [-0.1, -0.05) is 18.2 Å². The zero-order chi connectivity index (χ0) is 17.7. The van der Waals surface area contributed by atoms with Gasteiger partial charge in [0.25, 0.3) is 5.69 Å². The van der Waals surface area contributed by atoms with Crippen molar-refractivity contribution in [3.63, 3.8) is 0 Å². The molecule has 0 aromatic heterocycles. The average Bonchev–Trinajstić information content (AvgIpc) is 2.59. The Bertz CT molecular complexity index is 856. The summed E-state index contributed by atoms with van der Waals surface area (Å²) in [7, 11) is 2.75. The van der Waals surface area contributed by atoms with Crippen molar-refractivity contribution in [2.75, 3.05) is 14.2 Å². The van der Waals surface area contributed by atoms with Gasteiger partial charge in [-0.3, -0.25) is 10.1 Å². The minimum absolute atomic E-state index is 0.0385. The molecule has 0 N–H and O–H groups in total. The summed E-state index contributed by atoms with van der Waals surface area (Å²) < 4.78 is 24.0. The van der Waals surface area contributed by atoms with Crippen LogP contribution in [0.2, 0.25) is 0 Å². The Hall–Kier alpha value is -3.40. The summed E-state index contributed by atoms with van der Waals surface area (Å²) >= 11 is 0. The fourth-order valence-electron chi connectivity index (χ4n) is 2.16. The third-order valence-corrected chi connectivity index (χ3v) is 3.31. The van der Waals surface area contributed by atoms with Crippen LogP contribution < -0.4 is 9.47 Å². The Labute approximate surface area is 137 Å². The van der Waals surface area contributed by atoms with E-state index in [9.17, 15) is 19.8 Å². The number of nitro groups is 1. The molecule has 0 fully saturated rings. The summed E-state index contributed by atoms with van der Waals surface area (Å²) in [4.78, 5) is 10.7. The number of nitro benzene ring substituents is 1. The summed E-state index contributed by atoms with van der Waals surface area (Å²) in [6, 6.07) is 10.1. The number of hydrogen-bond donors (Lipinski definition) is 0. The van der Waals surface area contributed by atoms with Gasteiger partial charge in [-0.15, -0.1) is 0 Å². The molecule has 2 aromatic rings. The van der Waals surface area contributed by atoms with Crippen LogP contribution >= 0.6 is 0 Å². The van der Waals surface area contributed by atoms with Crippen molar-refractivity contribution in [2.45, 2.75) is 0 Å². The van der Waals surface area contributed by atoms with Gasteiger partial charge in [-0.05, 0) is 18.2 Å². The Balaban J connectivity index is 2.68. The highest BCUT2D eigenvalue weighted by Gasteiger charge is 2.19. The molecule has 0 spiro atoms. The van der Waals surface area contributed by atoms with Crippen LogP contribution in [0.5, 0.6) is 11.5 Å². The number of rotatable bonds is 5. The molecule has 122 valence electrons. The number of allylic oxidation sites excluding steroid dienone is 1. The van der Waals surface area contributed by atoms with Gasteiger partial charge < -0.3 is 9.47 Å². The van der Waals surface area contributed by atoms with Crippen LogP contribution in [0.3, 0.4) is 0 Å². The lowest BCUT2D eigenvalue weighted by molar-refractivity contribution is -0.385. The van der Waals surface area contributed by atoms with Crippen LogP contribution in [-0.4, -0.2) is 19.1 Å². The second-order valence-electron chi connectivity index (χ2n) is 4.67. The van der Waals surface area contributed by atoms with Crippen LogP contribution in [0, 0.1) is 27.3 Å². The normalized spacial score (nSPS) is 10.8. The lowest BCUT2D eigenvalue weighted by Crippen LogP contribution is -1.97. The zero-order valence-electron chi connectivity index (χ0n) is 12.9. The molecule has 0 saturated heterocycles. The maximum absolute atomic E-state index is 13.9. The van der Waals surface area contributed by atoms with Gasteiger partial charge in [0.15, 0.2) is 11.5 Å². The summed E-state index contributed by atoms with van der Waals surface area (Å²) in [5.74, 6) is -0.139. The number of methoxy groups -OCH3 is 2. The minimum Gasteiger partial charge on any atom is -0.493 e. The highest BCUT2D eigenvalue weighted by Crippen LogP contribution is 2.36. The third kappa shape index (κ3) is 3.33. The highest BCUT2D eigenvalue weighted by molar-refractivity contribution is 5.91. The number of hydrogen-bond acceptors (Lipinski definition) is 5. The maximum Gasteiger partial charge on any atom is 0.280 e. The van der Waals surface area contributed by atoms with Crippen LogP contribution in [0.25, 0.3) is 11.6 Å². The molecule has 7 heteroatoms. The van der Waals surface area contributed by atoms with E-state index in [0.717, 1.165) is 0 Å². The van der Waals surface area contributed by atoms with E-state index in [1.807, 2.05) is 6.07 Å². The topological polar surface area (TPSA) is 85.4 Å². The van der Waals surface area contributed by atoms with E-state index in [0.29, 0.717) is 0 Å². The van der Waals surface area contributed by atoms with Crippen LogP contribution in [0.1, 0.15) is 11.1 Å². The molecule has 0 aliphatic carbocycles. The van der Waals surface area contributed by atoms with Crippen molar-refractivity contribution in [1.82, 2.24) is 0 Å². The van der Waals surface area contributed by atoms with E-state index in [4.69, 9.17) is 9.47 Å². The second-order valence-corrected chi connectivity index (χ2v) is 4.67. The maximum atomic E-state index is 13.9. The van der Waals surface area contributed by atoms with E-state index in [1.54, 1.807) is 6.07 Å². The van der Waals surface area contributed by atoms with Crippen molar-refractivity contribution in [3.8, 4) is 17.6 Å². The molecule has 0 aliphatic rings. The van der Waals surface area contributed by atoms with Gasteiger partial charge in [0.05, 0.1) is 42.4 Å². The molecule has 0 amide bonds. The van der Waals surface area contributed by atoms with Gasteiger partial charge in [0.2, 0.25) is 0 Å². The van der Waals surface area contributed by atoms with Crippen LogP contribution in [0.4, 0.5) is 10.1 Å². The molecule has 2 aromatic carbocycles. The molecule has 0 radical (unpaired) electrons. The van der Waals surface area contributed by atoms with Crippen molar-refractivity contribution >= 4 is 17.3 Å². The van der Waals surface area contributed by atoms with E-state index in [2.05, 4.69) is 0 Å². The summed E-state index contributed by atoms with van der Waals surface area (Å²) in [6.07, 6.45) is 1.25. The molecule has 0 heterocycles. The number of benzene rings is 2. The van der Waals surface area contributed by atoms with Gasteiger partial charge in [-0.2, -0.15) is 5.26 Å². The first kappa shape index (κ1) is 17.0. The third-order valence-electron chi connectivity index (χ3n) is 3.31. The molecule has 0 aliphatic heterocycles. The predicted molar refractivity (Wildman–Crippen MR) is 86.1 cm³/mol. The molecule has 0 atom stereocenters. The van der Waals surface area contributed by atoms with Crippen molar-refractivity contribution in [1.29, 1.82) is 5.26 Å². The van der Waals surface area contributed by atoms with Gasteiger partial charge >= 0.3 is 0 Å². The average molecular weight is 328 g/mol. The van der Waals surface area contributed by atoms with E-state index < -0.39 is 10.7 Å². The van der Waals surface area contributed by atoms with E-state index in [1.165, 1.54) is 50.6 Å². The Morgan fingerprint density at radius 3 is 2.42 bits per heavy atom. The molecule has 0 saturated carbocycles. The zero-order valence-corrected chi connectivity index (χ0v) is 12.9. The number of nitrogens with zero attached hydrogens (tertiary/aromatic N) is 2.